The van der Waals surface area contributed by atoms with E-state index in [0.717, 1.165) is 54.7 Å². The van der Waals surface area contributed by atoms with Gasteiger partial charge in [-0.05, 0) is 61.6 Å². The van der Waals surface area contributed by atoms with E-state index in [9.17, 15) is 14.4 Å². The van der Waals surface area contributed by atoms with E-state index >= 15 is 0 Å². The van der Waals surface area contributed by atoms with E-state index in [4.69, 9.17) is 17.3 Å². The Balaban J connectivity index is 1.67. The van der Waals surface area contributed by atoms with Crippen molar-refractivity contribution in [1.29, 1.82) is 0 Å². The number of imide groups is 1. The summed E-state index contributed by atoms with van der Waals surface area (Å²) in [5.41, 5.74) is 6.14. The highest BCUT2D eigenvalue weighted by Gasteiger charge is 2.68. The number of rotatable bonds is 3. The molecule has 6 nitrogen and oxygen atoms in total. The zero-order chi connectivity index (χ0) is 19.7. The fourth-order valence-electron chi connectivity index (χ4n) is 6.36. The largest absolute Gasteiger partial charge is 0.369 e. The van der Waals surface area contributed by atoms with Gasteiger partial charge in [0.1, 0.15) is 5.54 Å². The average Bonchev–Trinajstić information content (AvgIpc) is 3.30. The predicted molar refractivity (Wildman–Crippen MR) is 103 cm³/mol. The third kappa shape index (κ3) is 2.12. The van der Waals surface area contributed by atoms with Crippen molar-refractivity contribution in [2.45, 2.75) is 62.4 Å². The standard InChI is InChI=1S/C21H24ClN3O3/c22-16-7-3-6-15-14(16)8-9-21(15,13-4-1-2-5-13)25-19(28)24-18(27)20(25)10-12(11-20)17(23)26/h3,6-7,12-13H,1-2,4-5,8-11H2,(H2,23,26)(H,24,27,28). The SMILES string of the molecule is NC(=O)C1CC2(C1)C(=O)NC(=O)N2C1(C2CCCC2)CCc2c(Cl)cccc21. The first-order chi connectivity index (χ1) is 13.4. The Kier molecular flexibility index (Phi) is 3.83. The number of fused-ring (bicyclic) bond motifs is 1. The van der Waals surface area contributed by atoms with Gasteiger partial charge in [-0.3, -0.25) is 19.8 Å². The monoisotopic (exact) mass is 401 g/mol. The molecule has 5 rings (SSSR count). The lowest BCUT2D eigenvalue weighted by molar-refractivity contribution is -0.147. The molecule has 3 aliphatic carbocycles. The molecule has 1 heterocycles. The molecule has 1 spiro atoms. The van der Waals surface area contributed by atoms with E-state index in [1.165, 1.54) is 0 Å². The van der Waals surface area contributed by atoms with Gasteiger partial charge in [0.15, 0.2) is 0 Å². The number of halogens is 1. The highest BCUT2D eigenvalue weighted by Crippen LogP contribution is 2.59. The van der Waals surface area contributed by atoms with Crippen LogP contribution in [0, 0.1) is 11.8 Å². The molecule has 2 saturated carbocycles. The summed E-state index contributed by atoms with van der Waals surface area (Å²) in [6.45, 7) is 0. The van der Waals surface area contributed by atoms with Crippen LogP contribution in [0.15, 0.2) is 18.2 Å². The van der Waals surface area contributed by atoms with Gasteiger partial charge in [0.05, 0.1) is 5.54 Å². The highest BCUT2D eigenvalue weighted by atomic mass is 35.5. The van der Waals surface area contributed by atoms with Crippen molar-refractivity contribution in [3.63, 3.8) is 0 Å². The van der Waals surface area contributed by atoms with Crippen molar-refractivity contribution in [3.05, 3.63) is 34.3 Å². The molecule has 4 aliphatic rings. The van der Waals surface area contributed by atoms with Gasteiger partial charge in [-0.1, -0.05) is 36.6 Å². The Labute approximate surface area is 168 Å². The summed E-state index contributed by atoms with van der Waals surface area (Å²) in [5.74, 6) is -0.765. The number of carbonyl (C=O) groups excluding carboxylic acids is 3. The zero-order valence-electron chi connectivity index (χ0n) is 15.7. The van der Waals surface area contributed by atoms with Crippen molar-refractivity contribution >= 4 is 29.4 Å². The number of hydrogen-bond donors (Lipinski definition) is 2. The molecule has 3 N–H and O–H groups in total. The molecule has 0 bridgehead atoms. The number of carbonyl (C=O) groups is 3. The van der Waals surface area contributed by atoms with E-state index in [0.29, 0.717) is 12.8 Å². The fourth-order valence-corrected chi connectivity index (χ4v) is 6.63. The van der Waals surface area contributed by atoms with Gasteiger partial charge in [0, 0.05) is 10.9 Å². The first kappa shape index (κ1) is 18.0. The van der Waals surface area contributed by atoms with E-state index < -0.39 is 17.0 Å². The van der Waals surface area contributed by atoms with Crippen LogP contribution >= 0.6 is 11.6 Å². The fraction of sp³-hybridized carbons (Fsp3) is 0.571. The number of nitrogens with two attached hydrogens (primary N) is 1. The molecule has 1 saturated heterocycles. The van der Waals surface area contributed by atoms with Gasteiger partial charge in [-0.15, -0.1) is 0 Å². The number of hydrogen-bond acceptors (Lipinski definition) is 3. The molecule has 1 unspecified atom stereocenters. The molecule has 1 aliphatic heterocycles. The Morgan fingerprint density at radius 2 is 1.93 bits per heavy atom. The van der Waals surface area contributed by atoms with Crippen molar-refractivity contribution in [3.8, 4) is 0 Å². The Morgan fingerprint density at radius 3 is 2.61 bits per heavy atom. The minimum atomic E-state index is -0.969. The minimum absolute atomic E-state index is 0.286. The smallest absolute Gasteiger partial charge is 0.325 e. The van der Waals surface area contributed by atoms with Crippen LogP contribution in [0.1, 0.15) is 56.1 Å². The van der Waals surface area contributed by atoms with Crippen molar-refractivity contribution < 1.29 is 14.4 Å². The molecule has 28 heavy (non-hydrogen) atoms. The van der Waals surface area contributed by atoms with Crippen LogP contribution in [0.3, 0.4) is 0 Å². The first-order valence-corrected chi connectivity index (χ1v) is 10.5. The molecular formula is C21H24ClN3O3. The van der Waals surface area contributed by atoms with Crippen LogP contribution in [-0.4, -0.2) is 28.3 Å². The van der Waals surface area contributed by atoms with Crippen molar-refractivity contribution in [2.24, 2.45) is 17.6 Å². The summed E-state index contributed by atoms with van der Waals surface area (Å²) in [6.07, 6.45) is 6.48. The molecule has 1 aromatic carbocycles. The van der Waals surface area contributed by atoms with E-state index in [-0.39, 0.29) is 23.8 Å². The lowest BCUT2D eigenvalue weighted by Crippen LogP contribution is -2.67. The summed E-state index contributed by atoms with van der Waals surface area (Å²) in [5, 5.41) is 3.28. The molecule has 7 heteroatoms. The third-order valence-electron chi connectivity index (χ3n) is 7.62. The van der Waals surface area contributed by atoms with Gasteiger partial charge < -0.3 is 5.73 Å². The van der Waals surface area contributed by atoms with Crippen LogP contribution in [-0.2, 0) is 21.5 Å². The number of urea groups is 1. The van der Waals surface area contributed by atoms with Crippen LogP contribution in [0.2, 0.25) is 5.02 Å². The topological polar surface area (TPSA) is 92.5 Å². The first-order valence-electron chi connectivity index (χ1n) is 10.1. The van der Waals surface area contributed by atoms with E-state index in [1.807, 2.05) is 17.0 Å². The van der Waals surface area contributed by atoms with Crippen LogP contribution in [0.4, 0.5) is 4.79 Å². The van der Waals surface area contributed by atoms with Crippen molar-refractivity contribution in [2.75, 3.05) is 0 Å². The third-order valence-corrected chi connectivity index (χ3v) is 7.97. The summed E-state index contributed by atoms with van der Waals surface area (Å²) in [6, 6.07) is 5.56. The number of nitrogens with one attached hydrogen (secondary N) is 1. The molecule has 1 aromatic rings. The summed E-state index contributed by atoms with van der Waals surface area (Å²) in [7, 11) is 0. The van der Waals surface area contributed by atoms with Gasteiger partial charge in [0.25, 0.3) is 5.91 Å². The maximum absolute atomic E-state index is 13.2. The Bertz CT molecular complexity index is 889. The second kappa shape index (κ2) is 5.96. The molecular weight excluding hydrogens is 378 g/mol. The number of primary amides is 1. The maximum Gasteiger partial charge on any atom is 0.325 e. The number of amides is 4. The Morgan fingerprint density at radius 1 is 1.21 bits per heavy atom. The molecule has 0 aromatic heterocycles. The zero-order valence-corrected chi connectivity index (χ0v) is 16.4. The Hall–Kier alpha value is -2.08. The van der Waals surface area contributed by atoms with Gasteiger partial charge in [-0.25, -0.2) is 4.79 Å². The summed E-state index contributed by atoms with van der Waals surface area (Å²) < 4.78 is 0. The second-order valence-electron chi connectivity index (χ2n) is 8.81. The minimum Gasteiger partial charge on any atom is -0.369 e. The molecule has 148 valence electrons. The quantitative estimate of drug-likeness (QED) is 0.762. The van der Waals surface area contributed by atoms with Gasteiger partial charge in [0.2, 0.25) is 5.91 Å². The van der Waals surface area contributed by atoms with Crippen LogP contribution in [0.5, 0.6) is 0 Å². The lowest BCUT2D eigenvalue weighted by Gasteiger charge is -2.55. The summed E-state index contributed by atoms with van der Waals surface area (Å²) in [4.78, 5) is 39.6. The number of benzene rings is 1. The van der Waals surface area contributed by atoms with Gasteiger partial charge >= 0.3 is 6.03 Å². The lowest BCUT2D eigenvalue weighted by atomic mass is 9.63. The van der Waals surface area contributed by atoms with Crippen molar-refractivity contribution in [1.82, 2.24) is 10.2 Å². The highest BCUT2D eigenvalue weighted by molar-refractivity contribution is 6.31. The van der Waals surface area contributed by atoms with E-state index in [1.54, 1.807) is 0 Å². The molecule has 1 atom stereocenters. The predicted octanol–water partition coefficient (Wildman–Crippen LogP) is 2.86. The van der Waals surface area contributed by atoms with Crippen LogP contribution in [0.25, 0.3) is 0 Å². The summed E-state index contributed by atoms with van der Waals surface area (Å²) >= 11 is 6.51. The van der Waals surface area contributed by atoms with E-state index in [2.05, 4.69) is 11.4 Å². The number of nitrogens with zero attached hydrogens (tertiary/aromatic N) is 1. The molecule has 4 amide bonds. The van der Waals surface area contributed by atoms with Crippen LogP contribution < -0.4 is 11.1 Å². The maximum atomic E-state index is 13.2. The average molecular weight is 402 g/mol. The normalized spacial score (nSPS) is 34.6. The second-order valence-corrected chi connectivity index (χ2v) is 9.21. The molecule has 3 fully saturated rings. The molecule has 0 radical (unpaired) electrons. The van der Waals surface area contributed by atoms with Gasteiger partial charge in [-0.2, -0.15) is 0 Å².